The van der Waals surface area contributed by atoms with Crippen LogP contribution in [0.25, 0.3) is 0 Å². The number of piperazine rings is 1. The number of carbonyl (C=O) groups excluding carboxylic acids is 2. The highest BCUT2D eigenvalue weighted by atomic mass is 32.2. The van der Waals surface area contributed by atoms with Gasteiger partial charge in [-0.2, -0.15) is 0 Å². The molecule has 0 aliphatic carbocycles. The number of nitrogens with zero attached hydrogens (tertiary/aromatic N) is 2. The lowest BCUT2D eigenvalue weighted by molar-refractivity contribution is -0.130. The number of hydrogen-bond acceptors (Lipinski definition) is 4. The topological polar surface area (TPSA) is 52.7 Å². The molecule has 2 aromatic carbocycles. The molecule has 1 aliphatic heterocycles. The lowest BCUT2D eigenvalue weighted by atomic mass is 10.2. The molecular formula is C23H29N3O2S. The molecule has 0 bridgehead atoms. The van der Waals surface area contributed by atoms with E-state index in [0.717, 1.165) is 24.3 Å². The monoisotopic (exact) mass is 411 g/mol. The summed E-state index contributed by atoms with van der Waals surface area (Å²) < 4.78 is 0. The normalized spacial score (nSPS) is 15.1. The second kappa shape index (κ2) is 9.83. The highest BCUT2D eigenvalue weighted by molar-refractivity contribution is 8.01. The van der Waals surface area contributed by atoms with Gasteiger partial charge < -0.3 is 15.1 Å². The van der Waals surface area contributed by atoms with Gasteiger partial charge in [0.25, 0.3) is 0 Å². The fourth-order valence-electron chi connectivity index (χ4n) is 3.37. The van der Waals surface area contributed by atoms with Crippen LogP contribution in [0.4, 0.5) is 11.4 Å². The highest BCUT2D eigenvalue weighted by Gasteiger charge is 2.25. The van der Waals surface area contributed by atoms with Crippen molar-refractivity contribution in [1.82, 2.24) is 4.90 Å². The molecular weight excluding hydrogens is 382 g/mol. The third-order valence-electron chi connectivity index (χ3n) is 5.11. The number of thioether (sulfide) groups is 1. The zero-order valence-electron chi connectivity index (χ0n) is 17.4. The van der Waals surface area contributed by atoms with E-state index in [0.29, 0.717) is 13.1 Å². The Morgan fingerprint density at radius 2 is 1.69 bits per heavy atom. The van der Waals surface area contributed by atoms with Gasteiger partial charge in [0.1, 0.15) is 0 Å². The van der Waals surface area contributed by atoms with E-state index in [-0.39, 0.29) is 22.8 Å². The van der Waals surface area contributed by atoms with Crippen LogP contribution in [0.2, 0.25) is 0 Å². The van der Waals surface area contributed by atoms with Gasteiger partial charge in [0.15, 0.2) is 0 Å². The number of nitrogens with one attached hydrogen (secondary N) is 1. The third-order valence-corrected chi connectivity index (χ3v) is 6.24. The first-order valence-corrected chi connectivity index (χ1v) is 11.1. The Labute approximate surface area is 177 Å². The molecule has 0 spiro atoms. The Balaban J connectivity index is 1.43. The van der Waals surface area contributed by atoms with Crippen molar-refractivity contribution in [3.05, 3.63) is 59.7 Å². The summed E-state index contributed by atoms with van der Waals surface area (Å²) in [4.78, 5) is 29.2. The number of benzene rings is 2. The molecule has 6 heteroatoms. The first-order chi connectivity index (χ1) is 13.9. The van der Waals surface area contributed by atoms with Crippen LogP contribution in [-0.2, 0) is 9.59 Å². The molecule has 5 nitrogen and oxygen atoms in total. The summed E-state index contributed by atoms with van der Waals surface area (Å²) >= 11 is 1.39. The number of carbonyl (C=O) groups is 2. The van der Waals surface area contributed by atoms with E-state index >= 15 is 0 Å². The highest BCUT2D eigenvalue weighted by Crippen LogP contribution is 2.20. The second-order valence-electron chi connectivity index (χ2n) is 7.52. The van der Waals surface area contributed by atoms with Gasteiger partial charge in [0.2, 0.25) is 11.8 Å². The molecule has 0 aromatic heterocycles. The second-order valence-corrected chi connectivity index (χ2v) is 8.85. The minimum atomic E-state index is -0.232. The summed E-state index contributed by atoms with van der Waals surface area (Å²) in [5.41, 5.74) is 4.40. The molecule has 1 atom stereocenters. The van der Waals surface area contributed by atoms with Crippen molar-refractivity contribution in [3.8, 4) is 0 Å². The number of rotatable bonds is 6. The van der Waals surface area contributed by atoms with Gasteiger partial charge in [-0.1, -0.05) is 29.8 Å². The molecule has 2 aromatic rings. The van der Waals surface area contributed by atoms with E-state index in [9.17, 15) is 9.59 Å². The Morgan fingerprint density at radius 3 is 2.34 bits per heavy atom. The smallest absolute Gasteiger partial charge is 0.235 e. The summed E-state index contributed by atoms with van der Waals surface area (Å²) in [6, 6.07) is 16.2. The van der Waals surface area contributed by atoms with E-state index in [1.54, 1.807) is 0 Å². The molecule has 3 rings (SSSR count). The molecule has 29 heavy (non-hydrogen) atoms. The fraction of sp³-hybridized carbons (Fsp3) is 0.391. The van der Waals surface area contributed by atoms with E-state index in [1.165, 1.54) is 23.0 Å². The van der Waals surface area contributed by atoms with Crippen molar-refractivity contribution in [2.24, 2.45) is 0 Å². The summed E-state index contributed by atoms with van der Waals surface area (Å²) in [5.74, 6) is 0.300. The molecule has 1 unspecified atom stereocenters. The van der Waals surface area contributed by atoms with Crippen molar-refractivity contribution in [1.29, 1.82) is 0 Å². The predicted octanol–water partition coefficient (Wildman–Crippen LogP) is 3.71. The Morgan fingerprint density at radius 1 is 1.00 bits per heavy atom. The van der Waals surface area contributed by atoms with Crippen LogP contribution in [0.1, 0.15) is 18.1 Å². The Hall–Kier alpha value is -2.47. The minimum Gasteiger partial charge on any atom is -0.368 e. The van der Waals surface area contributed by atoms with Gasteiger partial charge in [-0.05, 0) is 50.6 Å². The van der Waals surface area contributed by atoms with Gasteiger partial charge in [-0.3, -0.25) is 9.59 Å². The number of anilines is 2. The summed E-state index contributed by atoms with van der Waals surface area (Å²) in [5, 5.41) is 2.65. The van der Waals surface area contributed by atoms with Crippen LogP contribution in [0.3, 0.4) is 0 Å². The first-order valence-electron chi connectivity index (χ1n) is 10.0. The van der Waals surface area contributed by atoms with Crippen LogP contribution in [0, 0.1) is 13.8 Å². The minimum absolute atomic E-state index is 0.0808. The Bertz CT molecular complexity index is 845. The maximum atomic E-state index is 12.8. The molecule has 0 saturated carbocycles. The van der Waals surface area contributed by atoms with Crippen molar-refractivity contribution in [2.75, 3.05) is 42.1 Å². The SMILES string of the molecule is Cc1ccc(NC(=O)CSC(C)C(=O)N2CCN(c3cccc(C)c3)CC2)cc1. The lowest BCUT2D eigenvalue weighted by Crippen LogP contribution is -2.50. The molecule has 1 N–H and O–H groups in total. The van der Waals surface area contributed by atoms with Crippen molar-refractivity contribution < 1.29 is 9.59 Å². The van der Waals surface area contributed by atoms with Gasteiger partial charge in [0.05, 0.1) is 11.0 Å². The molecule has 1 saturated heterocycles. The fourth-order valence-corrected chi connectivity index (χ4v) is 4.14. The zero-order chi connectivity index (χ0) is 20.8. The van der Waals surface area contributed by atoms with E-state index < -0.39 is 0 Å². The van der Waals surface area contributed by atoms with Crippen molar-refractivity contribution >= 4 is 35.0 Å². The van der Waals surface area contributed by atoms with Crippen LogP contribution in [0.15, 0.2) is 48.5 Å². The maximum Gasteiger partial charge on any atom is 0.235 e. The molecule has 0 radical (unpaired) electrons. The first kappa shape index (κ1) is 21.2. The lowest BCUT2D eigenvalue weighted by Gasteiger charge is -2.37. The standard InChI is InChI=1S/C23H29N3O2S/c1-17-7-9-20(10-8-17)24-22(27)16-29-19(3)23(28)26-13-11-25(12-14-26)21-6-4-5-18(2)15-21/h4-10,15,19H,11-14,16H2,1-3H3,(H,24,27). The summed E-state index contributed by atoms with van der Waals surface area (Å²) in [7, 11) is 0. The van der Waals surface area contributed by atoms with Crippen LogP contribution >= 0.6 is 11.8 Å². The average molecular weight is 412 g/mol. The van der Waals surface area contributed by atoms with Gasteiger partial charge in [-0.15, -0.1) is 11.8 Å². The largest absolute Gasteiger partial charge is 0.368 e. The third kappa shape index (κ3) is 6.00. The maximum absolute atomic E-state index is 12.8. The van der Waals surface area contributed by atoms with E-state index in [2.05, 4.69) is 41.4 Å². The summed E-state index contributed by atoms with van der Waals surface area (Å²) in [6.45, 7) is 9.09. The Kier molecular flexibility index (Phi) is 7.20. The zero-order valence-corrected chi connectivity index (χ0v) is 18.2. The molecule has 2 amide bonds. The van der Waals surface area contributed by atoms with E-state index in [4.69, 9.17) is 0 Å². The van der Waals surface area contributed by atoms with Gasteiger partial charge in [-0.25, -0.2) is 0 Å². The summed E-state index contributed by atoms with van der Waals surface area (Å²) in [6.07, 6.45) is 0. The van der Waals surface area contributed by atoms with E-state index in [1.807, 2.05) is 43.0 Å². The molecule has 1 aliphatic rings. The average Bonchev–Trinajstić information content (AvgIpc) is 2.73. The van der Waals surface area contributed by atoms with Crippen LogP contribution < -0.4 is 10.2 Å². The quantitative estimate of drug-likeness (QED) is 0.787. The molecule has 154 valence electrons. The van der Waals surface area contributed by atoms with Crippen molar-refractivity contribution in [2.45, 2.75) is 26.0 Å². The predicted molar refractivity (Wildman–Crippen MR) is 122 cm³/mol. The van der Waals surface area contributed by atoms with Crippen LogP contribution in [0.5, 0.6) is 0 Å². The number of aryl methyl sites for hydroxylation is 2. The van der Waals surface area contributed by atoms with Crippen LogP contribution in [-0.4, -0.2) is 53.9 Å². The molecule has 1 heterocycles. The number of amides is 2. The number of hydrogen-bond donors (Lipinski definition) is 1. The van der Waals surface area contributed by atoms with Crippen molar-refractivity contribution in [3.63, 3.8) is 0 Å². The van der Waals surface area contributed by atoms with Gasteiger partial charge >= 0.3 is 0 Å². The van der Waals surface area contributed by atoms with Gasteiger partial charge in [0, 0.05) is 37.6 Å². The molecule has 1 fully saturated rings.